The smallest absolute Gasteiger partial charge is 0.337 e. The van der Waals surface area contributed by atoms with E-state index in [9.17, 15) is 4.79 Å². The summed E-state index contributed by atoms with van der Waals surface area (Å²) in [7, 11) is 1.39. The van der Waals surface area contributed by atoms with Gasteiger partial charge in [-0.25, -0.2) is 4.79 Å². The topological polar surface area (TPSA) is 70.3 Å². The van der Waals surface area contributed by atoms with E-state index < -0.39 is 5.97 Å². The molecule has 1 rings (SSSR count). The van der Waals surface area contributed by atoms with Crippen LogP contribution in [-0.4, -0.2) is 18.2 Å². The molecule has 0 aliphatic heterocycles. The second kappa shape index (κ2) is 3.99. The minimum atomic E-state index is -1.21. The molecule has 0 aliphatic rings. The Morgan fingerprint density at radius 1 is 1.64 bits per heavy atom. The predicted octanol–water partition coefficient (Wildman–Crippen LogP) is 1.92. The lowest BCUT2D eigenvalue weighted by atomic mass is 10.1. The van der Waals surface area contributed by atoms with Gasteiger partial charge in [0.15, 0.2) is 0 Å². The molecule has 0 saturated heterocycles. The fraction of sp³-hybridized carbons (Fsp3) is 0.111. The number of rotatable bonds is 2. The summed E-state index contributed by atoms with van der Waals surface area (Å²) in [5.74, 6) is -0.895. The molecule has 1 N–H and O–H groups in total. The van der Waals surface area contributed by atoms with E-state index >= 15 is 0 Å². The van der Waals surface area contributed by atoms with Gasteiger partial charge in [-0.1, -0.05) is 11.6 Å². The van der Waals surface area contributed by atoms with E-state index in [0.717, 1.165) is 0 Å². The van der Waals surface area contributed by atoms with E-state index in [-0.39, 0.29) is 16.1 Å². The molecule has 0 bridgehead atoms. The van der Waals surface area contributed by atoms with Crippen molar-refractivity contribution in [3.05, 3.63) is 28.3 Å². The first kappa shape index (κ1) is 10.4. The maximum Gasteiger partial charge on any atom is 0.337 e. The number of aromatic carboxylic acids is 1. The lowest BCUT2D eigenvalue weighted by Crippen LogP contribution is -2.01. The maximum atomic E-state index is 10.7. The number of halogens is 1. The Morgan fingerprint density at radius 2 is 2.29 bits per heavy atom. The zero-order valence-electron chi connectivity index (χ0n) is 7.24. The Bertz CT molecular complexity index is 423. The minimum Gasteiger partial charge on any atom is -0.497 e. The van der Waals surface area contributed by atoms with Gasteiger partial charge in [0.05, 0.1) is 23.3 Å². The third-order valence-electron chi connectivity index (χ3n) is 1.64. The van der Waals surface area contributed by atoms with Crippen LogP contribution in [0.1, 0.15) is 15.9 Å². The van der Waals surface area contributed by atoms with Crippen LogP contribution < -0.4 is 4.74 Å². The molecule has 0 unspecified atom stereocenters. The maximum absolute atomic E-state index is 10.7. The van der Waals surface area contributed by atoms with Crippen LogP contribution in [0.25, 0.3) is 0 Å². The van der Waals surface area contributed by atoms with Crippen LogP contribution in [0.4, 0.5) is 0 Å². The van der Waals surface area contributed by atoms with E-state index in [1.54, 1.807) is 6.07 Å². The Labute approximate surface area is 85.3 Å². The SMILES string of the molecule is COc1cc(Cl)c(C#N)c(C(=O)O)c1. The summed E-state index contributed by atoms with van der Waals surface area (Å²) >= 11 is 5.69. The van der Waals surface area contributed by atoms with Gasteiger partial charge in [0, 0.05) is 6.07 Å². The Morgan fingerprint density at radius 3 is 2.71 bits per heavy atom. The Kier molecular flexibility index (Phi) is 2.95. The van der Waals surface area contributed by atoms with Crippen LogP contribution in [0.5, 0.6) is 5.75 Å². The summed E-state index contributed by atoms with van der Waals surface area (Å²) in [4.78, 5) is 10.7. The second-order valence-electron chi connectivity index (χ2n) is 2.45. The van der Waals surface area contributed by atoms with Gasteiger partial charge in [0.1, 0.15) is 11.8 Å². The number of nitrogens with zero attached hydrogens (tertiary/aromatic N) is 1. The van der Waals surface area contributed by atoms with E-state index in [0.29, 0.717) is 5.75 Å². The first-order valence-electron chi connectivity index (χ1n) is 3.61. The molecule has 0 heterocycles. The van der Waals surface area contributed by atoms with Crippen molar-refractivity contribution >= 4 is 17.6 Å². The summed E-state index contributed by atoms with van der Waals surface area (Å²) in [6.45, 7) is 0. The molecule has 5 heteroatoms. The first-order valence-corrected chi connectivity index (χ1v) is 3.99. The summed E-state index contributed by atoms with van der Waals surface area (Å²) in [6, 6.07) is 4.38. The van der Waals surface area contributed by atoms with Gasteiger partial charge >= 0.3 is 5.97 Å². The summed E-state index contributed by atoms with van der Waals surface area (Å²) in [5.41, 5.74) is -0.211. The normalized spacial score (nSPS) is 9.21. The highest BCUT2D eigenvalue weighted by Crippen LogP contribution is 2.25. The van der Waals surface area contributed by atoms with Crippen molar-refractivity contribution in [1.82, 2.24) is 0 Å². The molecule has 4 nitrogen and oxygen atoms in total. The monoisotopic (exact) mass is 211 g/mol. The standard InChI is InChI=1S/C9H6ClNO3/c1-14-5-2-6(9(12)13)7(4-11)8(10)3-5/h2-3H,1H3,(H,12,13). The zero-order valence-corrected chi connectivity index (χ0v) is 8.00. The average Bonchev–Trinajstić information content (AvgIpc) is 2.16. The van der Waals surface area contributed by atoms with Gasteiger partial charge in [-0.05, 0) is 6.07 Å². The molecule has 0 amide bonds. The number of hydrogen-bond donors (Lipinski definition) is 1. The molecule has 0 spiro atoms. The highest BCUT2D eigenvalue weighted by atomic mass is 35.5. The van der Waals surface area contributed by atoms with Gasteiger partial charge in [-0.15, -0.1) is 0 Å². The molecular formula is C9H6ClNO3. The van der Waals surface area contributed by atoms with Crippen molar-refractivity contribution in [2.75, 3.05) is 7.11 Å². The molecule has 1 aromatic rings. The molecule has 0 saturated carbocycles. The van der Waals surface area contributed by atoms with Crippen LogP contribution in [0.2, 0.25) is 5.02 Å². The summed E-state index contributed by atoms with van der Waals surface area (Å²) < 4.78 is 4.83. The van der Waals surface area contributed by atoms with Gasteiger partial charge in [-0.2, -0.15) is 5.26 Å². The van der Waals surface area contributed by atoms with Crippen molar-refractivity contribution in [1.29, 1.82) is 5.26 Å². The molecule has 0 atom stereocenters. The van der Waals surface area contributed by atoms with Crippen molar-refractivity contribution in [2.24, 2.45) is 0 Å². The third kappa shape index (κ3) is 1.78. The Balaban J connectivity index is 3.45. The number of carbonyl (C=O) groups is 1. The van der Waals surface area contributed by atoms with E-state index in [4.69, 9.17) is 26.7 Å². The first-order chi connectivity index (χ1) is 6.60. The molecule has 0 fully saturated rings. The number of carboxylic acids is 1. The number of carboxylic acid groups (broad SMARTS) is 1. The highest BCUT2D eigenvalue weighted by Gasteiger charge is 2.15. The van der Waals surface area contributed by atoms with Crippen molar-refractivity contribution in [3.8, 4) is 11.8 Å². The van der Waals surface area contributed by atoms with E-state index in [1.165, 1.54) is 19.2 Å². The van der Waals surface area contributed by atoms with Crippen LogP contribution in [0.15, 0.2) is 12.1 Å². The molecule has 0 radical (unpaired) electrons. The van der Waals surface area contributed by atoms with Gasteiger partial charge < -0.3 is 9.84 Å². The average molecular weight is 212 g/mol. The van der Waals surface area contributed by atoms with E-state index in [2.05, 4.69) is 0 Å². The highest BCUT2D eigenvalue weighted by molar-refractivity contribution is 6.32. The molecule has 72 valence electrons. The summed E-state index contributed by atoms with van der Waals surface area (Å²) in [6.07, 6.45) is 0. The second-order valence-corrected chi connectivity index (χ2v) is 2.86. The summed E-state index contributed by atoms with van der Waals surface area (Å²) in [5, 5.41) is 17.5. The zero-order chi connectivity index (χ0) is 10.7. The van der Waals surface area contributed by atoms with Gasteiger partial charge in [0.2, 0.25) is 0 Å². The number of methoxy groups -OCH3 is 1. The number of nitriles is 1. The van der Waals surface area contributed by atoms with Crippen LogP contribution in [0.3, 0.4) is 0 Å². The molecular weight excluding hydrogens is 206 g/mol. The van der Waals surface area contributed by atoms with Crippen LogP contribution in [0, 0.1) is 11.3 Å². The molecule has 0 aromatic heterocycles. The van der Waals surface area contributed by atoms with Crippen LogP contribution >= 0.6 is 11.6 Å². The molecule has 1 aromatic carbocycles. The largest absolute Gasteiger partial charge is 0.497 e. The number of hydrogen-bond acceptors (Lipinski definition) is 3. The lowest BCUT2D eigenvalue weighted by Gasteiger charge is -2.04. The fourth-order valence-corrected chi connectivity index (χ4v) is 1.23. The van der Waals surface area contributed by atoms with Crippen molar-refractivity contribution in [3.63, 3.8) is 0 Å². The van der Waals surface area contributed by atoms with Crippen molar-refractivity contribution < 1.29 is 14.6 Å². The predicted molar refractivity (Wildman–Crippen MR) is 49.7 cm³/mol. The quantitative estimate of drug-likeness (QED) is 0.811. The Hall–Kier alpha value is -1.73. The van der Waals surface area contributed by atoms with E-state index in [1.807, 2.05) is 0 Å². The lowest BCUT2D eigenvalue weighted by molar-refractivity contribution is 0.0696. The minimum absolute atomic E-state index is 0.0556. The van der Waals surface area contributed by atoms with Gasteiger partial charge in [0.25, 0.3) is 0 Å². The fourth-order valence-electron chi connectivity index (χ4n) is 0.982. The third-order valence-corrected chi connectivity index (χ3v) is 1.94. The number of benzene rings is 1. The number of ether oxygens (including phenoxy) is 1. The van der Waals surface area contributed by atoms with Crippen molar-refractivity contribution in [2.45, 2.75) is 0 Å². The van der Waals surface area contributed by atoms with Gasteiger partial charge in [-0.3, -0.25) is 0 Å². The van der Waals surface area contributed by atoms with Crippen LogP contribution in [-0.2, 0) is 0 Å². The molecule has 0 aliphatic carbocycles. The molecule has 14 heavy (non-hydrogen) atoms.